The SMILES string of the molecule is O=C(Cn1cnc2sccc2c1=O)NC1CCCc2c1[nH]c1ccccc21. The molecule has 3 aromatic heterocycles. The molecule has 2 N–H and O–H groups in total. The number of fused-ring (bicyclic) bond motifs is 4. The average Bonchev–Trinajstić information content (AvgIpc) is 3.29. The van der Waals surface area contributed by atoms with Gasteiger partial charge in [0.25, 0.3) is 5.56 Å². The minimum Gasteiger partial charge on any atom is -0.356 e. The molecule has 0 aliphatic heterocycles. The fourth-order valence-electron chi connectivity index (χ4n) is 3.96. The van der Waals surface area contributed by atoms with Crippen molar-refractivity contribution >= 4 is 38.4 Å². The summed E-state index contributed by atoms with van der Waals surface area (Å²) in [6.45, 7) is -0.0241. The minimum atomic E-state index is -0.176. The number of aryl methyl sites for hydroxylation is 1. The van der Waals surface area contributed by atoms with E-state index >= 15 is 0 Å². The second kappa shape index (κ2) is 6.35. The van der Waals surface area contributed by atoms with Crippen LogP contribution in [0.15, 0.2) is 46.8 Å². The van der Waals surface area contributed by atoms with Gasteiger partial charge in [0.1, 0.15) is 11.4 Å². The zero-order chi connectivity index (χ0) is 18.4. The second-order valence-electron chi connectivity index (χ2n) is 6.89. The molecule has 0 bridgehead atoms. The summed E-state index contributed by atoms with van der Waals surface area (Å²) >= 11 is 1.42. The van der Waals surface area contributed by atoms with Gasteiger partial charge in [-0.05, 0) is 42.3 Å². The molecule has 0 fully saturated rings. The quantitative estimate of drug-likeness (QED) is 0.575. The maximum Gasteiger partial charge on any atom is 0.262 e. The van der Waals surface area contributed by atoms with Gasteiger partial charge in [0.15, 0.2) is 0 Å². The lowest BCUT2D eigenvalue weighted by Crippen LogP contribution is -2.36. The molecule has 1 atom stereocenters. The number of nitrogens with zero attached hydrogens (tertiary/aromatic N) is 2. The molecule has 136 valence electrons. The number of rotatable bonds is 3. The summed E-state index contributed by atoms with van der Waals surface area (Å²) < 4.78 is 1.37. The maximum atomic E-state index is 12.6. The molecule has 0 radical (unpaired) electrons. The van der Waals surface area contributed by atoms with Crippen LogP contribution in [0.3, 0.4) is 0 Å². The van der Waals surface area contributed by atoms with E-state index in [1.54, 1.807) is 6.07 Å². The molecule has 3 heterocycles. The summed E-state index contributed by atoms with van der Waals surface area (Å²) in [6, 6.07) is 9.93. The first kappa shape index (κ1) is 16.3. The van der Waals surface area contributed by atoms with Crippen molar-refractivity contribution < 1.29 is 4.79 Å². The van der Waals surface area contributed by atoms with Crippen LogP contribution in [0, 0.1) is 0 Å². The van der Waals surface area contributed by atoms with Gasteiger partial charge < -0.3 is 10.3 Å². The Bertz CT molecular complexity index is 1220. The Morgan fingerprint density at radius 1 is 1.30 bits per heavy atom. The van der Waals surface area contributed by atoms with Crippen LogP contribution in [0.5, 0.6) is 0 Å². The Kier molecular flexibility index (Phi) is 3.82. The predicted molar refractivity (Wildman–Crippen MR) is 106 cm³/mol. The number of hydrogen-bond donors (Lipinski definition) is 2. The Morgan fingerprint density at radius 2 is 2.19 bits per heavy atom. The van der Waals surface area contributed by atoms with Crippen LogP contribution in [-0.2, 0) is 17.8 Å². The summed E-state index contributed by atoms with van der Waals surface area (Å²) in [4.78, 5) is 33.5. The monoisotopic (exact) mass is 378 g/mol. The first-order valence-electron chi connectivity index (χ1n) is 9.02. The highest BCUT2D eigenvalue weighted by Gasteiger charge is 2.25. The molecule has 27 heavy (non-hydrogen) atoms. The van der Waals surface area contributed by atoms with Crippen molar-refractivity contribution in [3.63, 3.8) is 0 Å². The highest BCUT2D eigenvalue weighted by atomic mass is 32.1. The number of carbonyl (C=O) groups is 1. The van der Waals surface area contributed by atoms with Crippen molar-refractivity contribution in [2.24, 2.45) is 0 Å². The van der Waals surface area contributed by atoms with Crippen LogP contribution < -0.4 is 10.9 Å². The molecule has 4 aromatic rings. The summed E-state index contributed by atoms with van der Waals surface area (Å²) in [5, 5.41) is 6.73. The Morgan fingerprint density at radius 3 is 3.11 bits per heavy atom. The van der Waals surface area contributed by atoms with Crippen LogP contribution in [0.1, 0.15) is 30.1 Å². The van der Waals surface area contributed by atoms with Gasteiger partial charge in [-0.2, -0.15) is 0 Å². The molecule has 0 saturated heterocycles. The van der Waals surface area contributed by atoms with E-state index in [0.29, 0.717) is 10.2 Å². The minimum absolute atomic E-state index is 0.0241. The average molecular weight is 378 g/mol. The number of hydrogen-bond acceptors (Lipinski definition) is 4. The number of para-hydroxylation sites is 1. The van der Waals surface area contributed by atoms with E-state index in [-0.39, 0.29) is 24.1 Å². The molecule has 1 aliphatic carbocycles. The Labute approximate surface area is 158 Å². The zero-order valence-electron chi connectivity index (χ0n) is 14.6. The van der Waals surface area contributed by atoms with Crippen molar-refractivity contribution in [1.29, 1.82) is 0 Å². The molecule has 1 unspecified atom stereocenters. The molecular weight excluding hydrogens is 360 g/mol. The third-order valence-corrected chi connectivity index (χ3v) is 6.04. The molecule has 0 saturated carbocycles. The van der Waals surface area contributed by atoms with Gasteiger partial charge >= 0.3 is 0 Å². The number of thiophene rings is 1. The Hall–Kier alpha value is -2.93. The van der Waals surface area contributed by atoms with Gasteiger partial charge in [0.2, 0.25) is 5.91 Å². The van der Waals surface area contributed by atoms with E-state index in [1.165, 1.54) is 33.2 Å². The molecular formula is C20H18N4O2S. The lowest BCUT2D eigenvalue weighted by atomic mass is 9.91. The first-order valence-corrected chi connectivity index (χ1v) is 9.90. The van der Waals surface area contributed by atoms with Gasteiger partial charge in [-0.25, -0.2) is 4.98 Å². The smallest absolute Gasteiger partial charge is 0.262 e. The van der Waals surface area contributed by atoms with E-state index in [1.807, 2.05) is 17.5 Å². The maximum absolute atomic E-state index is 12.6. The molecule has 1 aromatic carbocycles. The van der Waals surface area contributed by atoms with Crippen molar-refractivity contribution in [2.75, 3.05) is 0 Å². The van der Waals surface area contributed by atoms with Gasteiger partial charge in [0.05, 0.1) is 17.8 Å². The molecule has 7 heteroatoms. The van der Waals surface area contributed by atoms with Crippen LogP contribution in [-0.4, -0.2) is 20.4 Å². The van der Waals surface area contributed by atoms with Crippen molar-refractivity contribution in [3.05, 3.63) is 63.7 Å². The van der Waals surface area contributed by atoms with E-state index in [2.05, 4.69) is 27.4 Å². The number of aromatic amines is 1. The molecule has 1 aliphatic rings. The Balaban J connectivity index is 1.40. The first-order chi connectivity index (χ1) is 13.2. The number of benzene rings is 1. The fourth-order valence-corrected chi connectivity index (χ4v) is 4.68. The van der Waals surface area contributed by atoms with Crippen LogP contribution in [0.25, 0.3) is 21.1 Å². The van der Waals surface area contributed by atoms with Crippen LogP contribution in [0.2, 0.25) is 0 Å². The summed E-state index contributed by atoms with van der Waals surface area (Å²) in [5.74, 6) is -0.176. The van der Waals surface area contributed by atoms with Gasteiger partial charge in [-0.1, -0.05) is 18.2 Å². The highest BCUT2D eigenvalue weighted by molar-refractivity contribution is 7.16. The molecule has 1 amide bonds. The van der Waals surface area contributed by atoms with Gasteiger partial charge in [-0.3, -0.25) is 14.2 Å². The summed E-state index contributed by atoms with van der Waals surface area (Å²) in [6.07, 6.45) is 4.39. The van der Waals surface area contributed by atoms with E-state index < -0.39 is 0 Å². The normalized spacial score (nSPS) is 16.5. The van der Waals surface area contributed by atoms with Crippen molar-refractivity contribution in [1.82, 2.24) is 19.9 Å². The van der Waals surface area contributed by atoms with Crippen LogP contribution >= 0.6 is 11.3 Å². The third kappa shape index (κ3) is 2.75. The number of aromatic nitrogens is 3. The van der Waals surface area contributed by atoms with Gasteiger partial charge in [0, 0.05) is 16.6 Å². The zero-order valence-corrected chi connectivity index (χ0v) is 15.4. The molecule has 0 spiro atoms. The predicted octanol–water partition coefficient (Wildman–Crippen LogP) is 3.13. The number of H-pyrrole nitrogens is 1. The summed E-state index contributed by atoms with van der Waals surface area (Å²) in [5.41, 5.74) is 3.31. The van der Waals surface area contributed by atoms with Crippen molar-refractivity contribution in [2.45, 2.75) is 31.8 Å². The largest absolute Gasteiger partial charge is 0.356 e. The van der Waals surface area contributed by atoms with Crippen LogP contribution in [0.4, 0.5) is 0 Å². The lowest BCUT2D eigenvalue weighted by molar-refractivity contribution is -0.122. The van der Waals surface area contributed by atoms with Gasteiger partial charge in [-0.15, -0.1) is 11.3 Å². The van der Waals surface area contributed by atoms with E-state index in [4.69, 9.17) is 0 Å². The molecule has 6 nitrogen and oxygen atoms in total. The molecule has 5 rings (SSSR count). The van der Waals surface area contributed by atoms with Crippen molar-refractivity contribution in [3.8, 4) is 0 Å². The highest BCUT2D eigenvalue weighted by Crippen LogP contribution is 2.34. The number of amides is 1. The lowest BCUT2D eigenvalue weighted by Gasteiger charge is -2.24. The van der Waals surface area contributed by atoms with E-state index in [0.717, 1.165) is 30.5 Å². The fraction of sp³-hybridized carbons (Fsp3) is 0.250. The number of carbonyl (C=O) groups excluding carboxylic acids is 1. The van der Waals surface area contributed by atoms with E-state index in [9.17, 15) is 9.59 Å². The second-order valence-corrected chi connectivity index (χ2v) is 7.79. The third-order valence-electron chi connectivity index (χ3n) is 5.21. The topological polar surface area (TPSA) is 79.8 Å². The number of nitrogens with one attached hydrogen (secondary N) is 2. The standard InChI is InChI=1S/C20H18N4O2S/c25-17(10-24-11-21-19-14(20(24)26)8-9-27-19)22-16-7-3-5-13-12-4-1-2-6-15(12)23-18(13)16/h1-2,4,6,8-9,11,16,23H,3,5,7,10H2,(H,22,25). The summed E-state index contributed by atoms with van der Waals surface area (Å²) in [7, 11) is 0.